The Balaban J connectivity index is 1.58. The van der Waals surface area contributed by atoms with Crippen LogP contribution in [0.1, 0.15) is 6.92 Å². The Bertz CT molecular complexity index is 1490. The van der Waals surface area contributed by atoms with E-state index in [1.807, 2.05) is 0 Å². The van der Waals surface area contributed by atoms with Crippen LogP contribution >= 0.6 is 0 Å². The van der Waals surface area contributed by atoms with Crippen molar-refractivity contribution in [2.75, 3.05) is 6.61 Å². The molecule has 2 saturated heterocycles. The topological polar surface area (TPSA) is 249 Å². The van der Waals surface area contributed by atoms with Crippen molar-refractivity contribution in [1.82, 2.24) is 0 Å². The molecule has 9 atom stereocenters. The number of hydrogen-bond acceptors (Lipinski definition) is 15. The van der Waals surface area contributed by atoms with Crippen LogP contribution in [0.5, 0.6) is 28.7 Å². The fourth-order valence-electron chi connectivity index (χ4n) is 4.70. The van der Waals surface area contributed by atoms with E-state index in [0.717, 1.165) is 24.3 Å². The molecule has 0 spiro atoms. The lowest BCUT2D eigenvalue weighted by Crippen LogP contribution is -2.58. The maximum Gasteiger partial charge on any atom is 0.239 e. The minimum absolute atomic E-state index is 0.00318. The summed E-state index contributed by atoms with van der Waals surface area (Å²) in [5, 5.41) is 91.1. The third kappa shape index (κ3) is 5.25. The van der Waals surface area contributed by atoms with Crippen molar-refractivity contribution >= 4 is 11.0 Å². The van der Waals surface area contributed by atoms with Gasteiger partial charge in [-0.1, -0.05) is 0 Å². The predicted molar refractivity (Wildman–Crippen MR) is 134 cm³/mol. The molecule has 0 unspecified atom stereocenters. The normalized spacial score (nSPS) is 30.9. The number of ether oxygens (including phenoxy) is 4. The van der Waals surface area contributed by atoms with Crippen molar-refractivity contribution in [1.29, 1.82) is 0 Å². The second-order valence-corrected chi connectivity index (χ2v) is 9.80. The zero-order valence-electron chi connectivity index (χ0n) is 21.3. The summed E-state index contributed by atoms with van der Waals surface area (Å²) >= 11 is 0. The van der Waals surface area contributed by atoms with Gasteiger partial charge >= 0.3 is 0 Å². The summed E-state index contributed by atoms with van der Waals surface area (Å²) in [5.41, 5.74) is -1.24. The van der Waals surface area contributed by atoms with E-state index in [9.17, 15) is 50.8 Å². The van der Waals surface area contributed by atoms with Crippen molar-refractivity contribution in [3.8, 4) is 40.1 Å². The molecule has 5 rings (SSSR count). The Morgan fingerprint density at radius 1 is 0.902 bits per heavy atom. The highest BCUT2D eigenvalue weighted by Crippen LogP contribution is 2.39. The Labute approximate surface area is 230 Å². The maximum absolute atomic E-state index is 13.6. The number of hydrogen-bond donors (Lipinski definition) is 9. The molecular formula is C26H28O15. The third-order valence-electron chi connectivity index (χ3n) is 6.84. The molecule has 3 heterocycles. The quantitative estimate of drug-likeness (QED) is 0.158. The molecule has 222 valence electrons. The van der Waals surface area contributed by atoms with Gasteiger partial charge in [0.15, 0.2) is 29.7 Å². The molecule has 2 aliphatic heterocycles. The molecule has 0 radical (unpaired) electrons. The van der Waals surface area contributed by atoms with Crippen LogP contribution in [0.4, 0.5) is 0 Å². The van der Waals surface area contributed by atoms with Crippen LogP contribution in [-0.2, 0) is 14.2 Å². The van der Waals surface area contributed by atoms with Gasteiger partial charge in [-0.15, -0.1) is 0 Å². The van der Waals surface area contributed by atoms with Gasteiger partial charge in [-0.2, -0.15) is 0 Å². The van der Waals surface area contributed by atoms with Crippen LogP contribution in [0.2, 0.25) is 0 Å². The first kappa shape index (κ1) is 28.8. The van der Waals surface area contributed by atoms with Gasteiger partial charge in [0.25, 0.3) is 0 Å². The minimum Gasteiger partial charge on any atom is -0.508 e. The maximum atomic E-state index is 13.6. The van der Waals surface area contributed by atoms with E-state index in [1.54, 1.807) is 0 Å². The lowest BCUT2D eigenvalue weighted by atomic mass is 10.0. The predicted octanol–water partition coefficient (Wildman–Crippen LogP) is -1.05. The van der Waals surface area contributed by atoms with Crippen LogP contribution in [0.15, 0.2) is 39.5 Å². The Morgan fingerprint density at radius 3 is 2.29 bits per heavy atom. The molecule has 0 saturated carbocycles. The van der Waals surface area contributed by atoms with Gasteiger partial charge in [0, 0.05) is 17.7 Å². The fraction of sp³-hybridized carbons (Fsp3) is 0.423. The number of aromatic hydroxyl groups is 4. The first-order valence-electron chi connectivity index (χ1n) is 12.4. The largest absolute Gasteiger partial charge is 0.508 e. The second kappa shape index (κ2) is 11.0. The number of aliphatic hydroxyl groups is 5. The van der Waals surface area contributed by atoms with Crippen molar-refractivity contribution in [2.45, 2.75) is 62.2 Å². The van der Waals surface area contributed by atoms with Gasteiger partial charge < -0.3 is 69.3 Å². The first-order valence-corrected chi connectivity index (χ1v) is 12.4. The number of benzene rings is 2. The van der Waals surface area contributed by atoms with E-state index in [0.29, 0.717) is 0 Å². The van der Waals surface area contributed by atoms with Crippen LogP contribution in [0.25, 0.3) is 22.3 Å². The van der Waals surface area contributed by atoms with E-state index < -0.39 is 101 Å². The van der Waals surface area contributed by atoms with E-state index in [-0.39, 0.29) is 16.9 Å². The molecule has 41 heavy (non-hydrogen) atoms. The Hall–Kier alpha value is -3.67. The van der Waals surface area contributed by atoms with E-state index in [2.05, 4.69) is 0 Å². The third-order valence-corrected chi connectivity index (χ3v) is 6.84. The summed E-state index contributed by atoms with van der Waals surface area (Å²) in [5.74, 6) is -3.13. The average molecular weight is 580 g/mol. The molecule has 3 aromatic rings. The number of rotatable bonds is 6. The van der Waals surface area contributed by atoms with Crippen molar-refractivity contribution in [3.05, 3.63) is 40.6 Å². The van der Waals surface area contributed by atoms with Crippen molar-refractivity contribution < 1.29 is 69.3 Å². The molecule has 0 bridgehead atoms. The zero-order valence-corrected chi connectivity index (χ0v) is 21.3. The highest BCUT2D eigenvalue weighted by atomic mass is 16.8. The summed E-state index contributed by atoms with van der Waals surface area (Å²) in [6.45, 7) is 0.820. The number of fused-ring (bicyclic) bond motifs is 1. The summed E-state index contributed by atoms with van der Waals surface area (Å²) < 4.78 is 28.1. The summed E-state index contributed by atoms with van der Waals surface area (Å²) in [6.07, 6.45) is -13.9. The first-order chi connectivity index (χ1) is 19.4. The zero-order chi connectivity index (χ0) is 29.7. The Kier molecular flexibility index (Phi) is 7.71. The van der Waals surface area contributed by atoms with Gasteiger partial charge in [-0.25, -0.2) is 0 Å². The standard InChI is InChI=1S/C26H28O15/c1-8(27)21-19(35)20(36)25(39-21)41-24-17(33)14(32)7-37-26(24)40-23-18(34)16-13(31)5-10(28)6-15(16)38-22(23)9-2-3-11(29)12(30)4-9/h2-6,8,14,17,19-21,24-33,35-36H,7H2,1H3/t8-,14-,17-,19-,20-,21-,24-,25+,26+/m0/s1. The summed E-state index contributed by atoms with van der Waals surface area (Å²) in [4.78, 5) is 13.6. The molecule has 15 heteroatoms. The lowest BCUT2D eigenvalue weighted by molar-refractivity contribution is -0.301. The monoisotopic (exact) mass is 580 g/mol. The van der Waals surface area contributed by atoms with Crippen LogP contribution in [0, 0.1) is 0 Å². The molecule has 2 aliphatic rings. The van der Waals surface area contributed by atoms with E-state index in [4.69, 9.17) is 23.4 Å². The molecule has 1 aromatic heterocycles. The molecule has 0 aliphatic carbocycles. The van der Waals surface area contributed by atoms with Crippen LogP contribution in [0.3, 0.4) is 0 Å². The Morgan fingerprint density at radius 2 is 1.63 bits per heavy atom. The van der Waals surface area contributed by atoms with E-state index in [1.165, 1.54) is 13.0 Å². The second-order valence-electron chi connectivity index (χ2n) is 9.80. The SMILES string of the molecule is C[C@H](O)[C@@H]1O[C@H](O[C@@H]2[C@@H](Oc3c(-c4ccc(O)c(O)c4)oc4cc(O)cc(O)c4c3=O)OC[C@H](O)[C@@H]2O)[C@@H](O)[C@@H]1O. The highest BCUT2D eigenvalue weighted by molar-refractivity contribution is 5.88. The number of phenolic OH excluding ortho intramolecular Hbond substituents is 4. The van der Waals surface area contributed by atoms with Crippen LogP contribution in [-0.4, -0.2) is 108 Å². The highest BCUT2D eigenvalue weighted by Gasteiger charge is 2.50. The number of phenols is 4. The molecular weight excluding hydrogens is 552 g/mol. The van der Waals surface area contributed by atoms with Crippen molar-refractivity contribution in [2.24, 2.45) is 0 Å². The molecule has 0 amide bonds. The van der Waals surface area contributed by atoms with Gasteiger partial charge in [-0.05, 0) is 25.1 Å². The molecule has 2 fully saturated rings. The van der Waals surface area contributed by atoms with Gasteiger partial charge in [0.1, 0.15) is 53.0 Å². The van der Waals surface area contributed by atoms with Gasteiger partial charge in [0.05, 0.1) is 12.7 Å². The van der Waals surface area contributed by atoms with Gasteiger partial charge in [0.2, 0.25) is 17.5 Å². The van der Waals surface area contributed by atoms with E-state index >= 15 is 0 Å². The van der Waals surface area contributed by atoms with Crippen LogP contribution < -0.4 is 10.2 Å². The molecule has 2 aromatic carbocycles. The fourth-order valence-corrected chi connectivity index (χ4v) is 4.70. The lowest BCUT2D eigenvalue weighted by Gasteiger charge is -2.39. The van der Waals surface area contributed by atoms with Gasteiger partial charge in [-0.3, -0.25) is 4.79 Å². The molecule has 15 nitrogen and oxygen atoms in total. The summed E-state index contributed by atoms with van der Waals surface area (Å²) in [6, 6.07) is 5.36. The number of aliphatic hydroxyl groups excluding tert-OH is 5. The smallest absolute Gasteiger partial charge is 0.239 e. The molecule has 9 N–H and O–H groups in total. The average Bonchev–Trinajstić information content (AvgIpc) is 3.19. The summed E-state index contributed by atoms with van der Waals surface area (Å²) in [7, 11) is 0. The van der Waals surface area contributed by atoms with Crippen molar-refractivity contribution in [3.63, 3.8) is 0 Å². The minimum atomic E-state index is -1.73.